The Kier molecular flexibility index (Phi) is 7.04. The highest BCUT2D eigenvalue weighted by molar-refractivity contribution is 7.89. The minimum Gasteiger partial charge on any atom is -0.497 e. The fourth-order valence-corrected chi connectivity index (χ4v) is 4.40. The summed E-state index contributed by atoms with van der Waals surface area (Å²) in [7, 11) is 0.303. The van der Waals surface area contributed by atoms with Gasteiger partial charge in [0.25, 0.3) is 0 Å². The molecule has 0 aliphatic rings. The number of esters is 1. The molecule has 0 N–H and O–H groups in total. The molecule has 0 amide bonds. The van der Waals surface area contributed by atoms with Crippen LogP contribution in [-0.4, -0.2) is 46.6 Å². The lowest BCUT2D eigenvalue weighted by atomic mass is 10.2. The molecule has 2 aromatic carbocycles. The second kappa shape index (κ2) is 9.07. The molecule has 0 atom stereocenters. The largest absolute Gasteiger partial charge is 0.497 e. The molecule has 8 heteroatoms. The maximum Gasteiger partial charge on any atom is 0.321 e. The van der Waals surface area contributed by atoms with E-state index in [4.69, 9.17) is 14.2 Å². The zero-order valence-electron chi connectivity index (χ0n) is 16.7. The van der Waals surface area contributed by atoms with Crippen LogP contribution in [0.4, 0.5) is 0 Å². The van der Waals surface area contributed by atoms with E-state index in [0.717, 1.165) is 9.87 Å². The van der Waals surface area contributed by atoms with Gasteiger partial charge in [-0.2, -0.15) is 4.31 Å². The van der Waals surface area contributed by atoms with Gasteiger partial charge in [0.15, 0.2) is 0 Å². The average Bonchev–Trinajstić information content (AvgIpc) is 2.66. The van der Waals surface area contributed by atoms with Gasteiger partial charge in [0, 0.05) is 12.6 Å². The number of hydrogen-bond donors (Lipinski definition) is 0. The number of rotatable bonds is 8. The fourth-order valence-electron chi connectivity index (χ4n) is 2.82. The van der Waals surface area contributed by atoms with Crippen LogP contribution in [0, 0.1) is 13.8 Å². The average molecular weight is 407 g/mol. The van der Waals surface area contributed by atoms with Gasteiger partial charge in [-0.25, -0.2) is 8.42 Å². The van der Waals surface area contributed by atoms with Gasteiger partial charge in [-0.1, -0.05) is 17.7 Å². The molecular formula is C20H25NO6S. The van der Waals surface area contributed by atoms with Crippen molar-refractivity contribution in [2.45, 2.75) is 25.3 Å². The van der Waals surface area contributed by atoms with E-state index in [1.165, 1.54) is 21.3 Å². The van der Waals surface area contributed by atoms with E-state index in [2.05, 4.69) is 0 Å². The summed E-state index contributed by atoms with van der Waals surface area (Å²) in [5.41, 5.74) is 2.18. The number of sulfonamides is 1. The van der Waals surface area contributed by atoms with Gasteiger partial charge in [-0.15, -0.1) is 0 Å². The zero-order chi connectivity index (χ0) is 20.9. The Hall–Kier alpha value is -2.58. The zero-order valence-corrected chi connectivity index (χ0v) is 17.5. The van der Waals surface area contributed by atoms with Crippen molar-refractivity contribution in [3.63, 3.8) is 0 Å². The quantitative estimate of drug-likeness (QED) is 0.626. The van der Waals surface area contributed by atoms with Crippen molar-refractivity contribution >= 4 is 16.0 Å². The summed E-state index contributed by atoms with van der Waals surface area (Å²) in [4.78, 5) is 12.0. The second-order valence-corrected chi connectivity index (χ2v) is 8.25. The van der Waals surface area contributed by atoms with Crippen LogP contribution < -0.4 is 9.47 Å². The van der Waals surface area contributed by atoms with E-state index in [9.17, 15) is 13.2 Å². The minimum atomic E-state index is -3.94. The molecule has 0 aromatic heterocycles. The maximum absolute atomic E-state index is 13.3. The molecule has 0 saturated heterocycles. The molecule has 7 nitrogen and oxygen atoms in total. The van der Waals surface area contributed by atoms with Crippen LogP contribution in [0.2, 0.25) is 0 Å². The third kappa shape index (κ3) is 5.02. The number of aryl methyl sites for hydroxylation is 2. The van der Waals surface area contributed by atoms with Crippen LogP contribution in [0.25, 0.3) is 0 Å². The smallest absolute Gasteiger partial charge is 0.321 e. The Morgan fingerprint density at radius 3 is 2.07 bits per heavy atom. The highest BCUT2D eigenvalue weighted by atomic mass is 32.2. The molecule has 0 bridgehead atoms. The molecular weight excluding hydrogens is 382 g/mol. The summed E-state index contributed by atoms with van der Waals surface area (Å²) in [6.07, 6.45) is 0. The Bertz CT molecular complexity index is 933. The summed E-state index contributed by atoms with van der Waals surface area (Å²) in [6, 6.07) is 10.2. The summed E-state index contributed by atoms with van der Waals surface area (Å²) in [6.45, 7) is 3.16. The number of hydrogen-bond acceptors (Lipinski definition) is 6. The highest BCUT2D eigenvalue weighted by Crippen LogP contribution is 2.27. The van der Waals surface area contributed by atoms with Crippen molar-refractivity contribution in [3.05, 3.63) is 53.1 Å². The van der Waals surface area contributed by atoms with E-state index in [0.29, 0.717) is 22.6 Å². The van der Waals surface area contributed by atoms with Crippen LogP contribution in [0.3, 0.4) is 0 Å². The van der Waals surface area contributed by atoms with Crippen molar-refractivity contribution in [3.8, 4) is 11.5 Å². The minimum absolute atomic E-state index is 0.0433. The molecule has 2 aromatic rings. The van der Waals surface area contributed by atoms with E-state index in [1.807, 2.05) is 6.92 Å². The van der Waals surface area contributed by atoms with Gasteiger partial charge in [0.2, 0.25) is 10.0 Å². The number of carbonyl (C=O) groups is 1. The number of methoxy groups -OCH3 is 3. The van der Waals surface area contributed by atoms with E-state index in [1.54, 1.807) is 43.3 Å². The van der Waals surface area contributed by atoms with E-state index in [-0.39, 0.29) is 11.4 Å². The first-order valence-corrected chi connectivity index (χ1v) is 10.0. The number of ether oxygens (including phenoxy) is 3. The number of benzene rings is 2. The SMILES string of the molecule is COC(=O)CN(Cc1cc(OC)cc(OC)c1)S(=O)(=O)c1ccc(C)cc1C. The van der Waals surface area contributed by atoms with Crippen molar-refractivity contribution in [2.75, 3.05) is 27.9 Å². The molecule has 0 aliphatic heterocycles. The second-order valence-electron chi connectivity index (χ2n) is 6.34. The van der Waals surface area contributed by atoms with Crippen molar-refractivity contribution < 1.29 is 27.4 Å². The van der Waals surface area contributed by atoms with Gasteiger partial charge in [-0.3, -0.25) is 4.79 Å². The fraction of sp³-hybridized carbons (Fsp3) is 0.350. The Labute approximate surface area is 165 Å². The molecule has 28 heavy (non-hydrogen) atoms. The molecule has 0 saturated carbocycles. The lowest BCUT2D eigenvalue weighted by molar-refractivity contribution is -0.140. The lowest BCUT2D eigenvalue weighted by Gasteiger charge is -2.23. The Morgan fingerprint density at radius 2 is 1.57 bits per heavy atom. The molecule has 0 spiro atoms. The summed E-state index contributed by atoms with van der Waals surface area (Å²) >= 11 is 0. The van der Waals surface area contributed by atoms with Crippen molar-refractivity contribution in [1.29, 1.82) is 0 Å². The molecule has 2 rings (SSSR count). The predicted octanol–water partition coefficient (Wildman–Crippen LogP) is 2.68. The monoisotopic (exact) mass is 407 g/mol. The van der Waals surface area contributed by atoms with Crippen molar-refractivity contribution in [2.24, 2.45) is 0 Å². The third-order valence-corrected chi connectivity index (χ3v) is 6.20. The van der Waals surface area contributed by atoms with Crippen LogP contribution in [0.15, 0.2) is 41.3 Å². The number of nitrogens with zero attached hydrogens (tertiary/aromatic N) is 1. The maximum atomic E-state index is 13.3. The normalized spacial score (nSPS) is 11.4. The molecule has 0 radical (unpaired) electrons. The molecule has 0 fully saturated rings. The first-order chi connectivity index (χ1) is 13.2. The van der Waals surface area contributed by atoms with Crippen molar-refractivity contribution in [1.82, 2.24) is 4.31 Å². The van der Waals surface area contributed by atoms with E-state index < -0.39 is 22.5 Å². The molecule has 0 heterocycles. The molecule has 152 valence electrons. The predicted molar refractivity (Wildman–Crippen MR) is 105 cm³/mol. The van der Waals surface area contributed by atoms with Crippen LogP contribution in [-0.2, 0) is 26.1 Å². The van der Waals surface area contributed by atoms with Gasteiger partial charge in [-0.05, 0) is 43.2 Å². The van der Waals surface area contributed by atoms with E-state index >= 15 is 0 Å². The first-order valence-electron chi connectivity index (χ1n) is 8.57. The third-order valence-electron chi connectivity index (χ3n) is 4.25. The van der Waals surface area contributed by atoms with Gasteiger partial charge in [0.1, 0.15) is 18.0 Å². The summed E-state index contributed by atoms with van der Waals surface area (Å²) in [5.74, 6) is 0.399. The van der Waals surface area contributed by atoms with Crippen LogP contribution in [0.1, 0.15) is 16.7 Å². The van der Waals surface area contributed by atoms with Gasteiger partial charge >= 0.3 is 5.97 Å². The van der Waals surface area contributed by atoms with Crippen LogP contribution in [0.5, 0.6) is 11.5 Å². The Balaban J connectivity index is 2.49. The molecule has 0 unspecified atom stereocenters. The number of carbonyl (C=O) groups excluding carboxylic acids is 1. The van der Waals surface area contributed by atoms with Crippen LogP contribution >= 0.6 is 0 Å². The topological polar surface area (TPSA) is 82.1 Å². The lowest BCUT2D eigenvalue weighted by Crippen LogP contribution is -2.36. The van der Waals surface area contributed by atoms with Gasteiger partial charge < -0.3 is 14.2 Å². The summed E-state index contributed by atoms with van der Waals surface area (Å²) in [5, 5.41) is 0. The Morgan fingerprint density at radius 1 is 0.964 bits per heavy atom. The van der Waals surface area contributed by atoms with Gasteiger partial charge in [0.05, 0.1) is 26.2 Å². The highest BCUT2D eigenvalue weighted by Gasteiger charge is 2.29. The standard InChI is InChI=1S/C20H25NO6S/c1-14-6-7-19(15(2)8-14)28(23,24)21(13-20(22)27-5)12-16-9-17(25-3)11-18(10-16)26-4/h6-11H,12-13H2,1-5H3. The first kappa shape index (κ1) is 21.7. The summed E-state index contributed by atoms with van der Waals surface area (Å²) < 4.78 is 42.8. The molecule has 0 aliphatic carbocycles.